The first-order valence-electron chi connectivity index (χ1n) is 16.3. The van der Waals surface area contributed by atoms with Crippen molar-refractivity contribution in [1.82, 2.24) is 14.7 Å². The zero-order valence-electron chi connectivity index (χ0n) is 29.1. The van der Waals surface area contributed by atoms with Crippen molar-refractivity contribution < 1.29 is 38.5 Å². The summed E-state index contributed by atoms with van der Waals surface area (Å²) >= 11 is 0. The lowest BCUT2D eigenvalue weighted by Crippen LogP contribution is -2.40. The van der Waals surface area contributed by atoms with E-state index in [1.807, 2.05) is 13.8 Å². The maximum atomic E-state index is 13.1. The number of benzene rings is 2. The molecule has 0 bridgehead atoms. The number of azo groups is 1. The van der Waals surface area contributed by atoms with Crippen LogP contribution in [0.2, 0.25) is 0 Å². The van der Waals surface area contributed by atoms with E-state index in [9.17, 15) is 24.3 Å². The monoisotopic (exact) mass is 669 g/mol. The lowest BCUT2D eigenvalue weighted by molar-refractivity contribution is -0.138. The summed E-state index contributed by atoms with van der Waals surface area (Å²) in [6.07, 6.45) is 0.644. The van der Waals surface area contributed by atoms with Gasteiger partial charge in [0.25, 0.3) is 0 Å². The number of amides is 3. The molecule has 2 unspecified atom stereocenters. The first-order valence-corrected chi connectivity index (χ1v) is 16.3. The maximum absolute atomic E-state index is 13.1. The summed E-state index contributed by atoms with van der Waals surface area (Å²) in [6, 6.07) is 13.7. The molecular formula is C35H51N5O8. The van der Waals surface area contributed by atoms with E-state index < -0.39 is 17.8 Å². The summed E-state index contributed by atoms with van der Waals surface area (Å²) in [5, 5.41) is 17.7. The van der Waals surface area contributed by atoms with Crippen LogP contribution in [-0.2, 0) is 23.9 Å². The van der Waals surface area contributed by atoms with Crippen LogP contribution in [0, 0.1) is 11.8 Å². The molecule has 264 valence electrons. The highest BCUT2D eigenvalue weighted by Crippen LogP contribution is 2.23. The fourth-order valence-electron chi connectivity index (χ4n) is 4.89. The summed E-state index contributed by atoms with van der Waals surface area (Å²) in [4.78, 5) is 56.1. The number of esters is 1. The molecule has 0 saturated heterocycles. The van der Waals surface area contributed by atoms with Crippen LogP contribution in [0.1, 0.15) is 50.4 Å². The number of ether oxygens (including phenoxy) is 3. The number of methoxy groups -OCH3 is 1. The summed E-state index contributed by atoms with van der Waals surface area (Å²) in [6.45, 7) is 7.89. The van der Waals surface area contributed by atoms with Gasteiger partial charge in [0.2, 0.25) is 17.7 Å². The number of hydrogen-bond acceptors (Lipinski definition) is 10. The SMILES string of the molecule is CCN(CC)C(=O)C(C)CC(CCC(=O)N(C)CCOC(=O)c1ccc(N=Nc2ccc(OCCOC)cc2)cc1)C(=O)N(C)CCO. The lowest BCUT2D eigenvalue weighted by Gasteiger charge is -2.28. The molecule has 0 aliphatic heterocycles. The number of hydrogen-bond donors (Lipinski definition) is 1. The average molecular weight is 670 g/mol. The molecule has 0 heterocycles. The van der Waals surface area contributed by atoms with E-state index >= 15 is 0 Å². The van der Waals surface area contributed by atoms with E-state index in [0.29, 0.717) is 55.4 Å². The molecule has 13 nitrogen and oxygen atoms in total. The number of rotatable bonds is 21. The Morgan fingerprint density at radius 3 is 1.98 bits per heavy atom. The van der Waals surface area contributed by atoms with E-state index in [-0.39, 0.29) is 56.9 Å². The van der Waals surface area contributed by atoms with Crippen LogP contribution in [0.25, 0.3) is 0 Å². The Hall–Kier alpha value is -4.36. The number of aliphatic hydroxyl groups is 1. The largest absolute Gasteiger partial charge is 0.491 e. The van der Waals surface area contributed by atoms with Crippen molar-refractivity contribution in [3.05, 3.63) is 54.1 Å². The first kappa shape index (κ1) is 39.8. The molecule has 13 heteroatoms. The van der Waals surface area contributed by atoms with Crippen molar-refractivity contribution in [2.45, 2.75) is 40.0 Å². The smallest absolute Gasteiger partial charge is 0.338 e. The minimum absolute atomic E-state index is 0.00921. The van der Waals surface area contributed by atoms with Gasteiger partial charge in [0, 0.05) is 59.1 Å². The van der Waals surface area contributed by atoms with Gasteiger partial charge in [-0.05, 0) is 75.2 Å². The topological polar surface area (TPSA) is 151 Å². The average Bonchev–Trinajstić information content (AvgIpc) is 3.09. The van der Waals surface area contributed by atoms with Gasteiger partial charge in [0.1, 0.15) is 19.0 Å². The first-order chi connectivity index (χ1) is 23.0. The highest BCUT2D eigenvalue weighted by atomic mass is 16.5. The number of likely N-dealkylation sites (N-methyl/N-ethyl adjacent to an activating group) is 2. The summed E-state index contributed by atoms with van der Waals surface area (Å²) < 4.78 is 15.9. The van der Waals surface area contributed by atoms with Gasteiger partial charge in [0.05, 0.1) is 36.7 Å². The number of carbonyl (C=O) groups is 4. The van der Waals surface area contributed by atoms with Gasteiger partial charge in [0.15, 0.2) is 0 Å². The Bertz CT molecular complexity index is 1320. The molecule has 0 fully saturated rings. The van der Waals surface area contributed by atoms with Crippen molar-refractivity contribution in [3.63, 3.8) is 0 Å². The van der Waals surface area contributed by atoms with E-state index in [1.54, 1.807) is 81.6 Å². The zero-order chi connectivity index (χ0) is 35.5. The van der Waals surface area contributed by atoms with Gasteiger partial charge in [-0.15, -0.1) is 0 Å². The molecule has 0 aliphatic rings. The van der Waals surface area contributed by atoms with Gasteiger partial charge in [-0.1, -0.05) is 6.92 Å². The van der Waals surface area contributed by atoms with Gasteiger partial charge < -0.3 is 34.0 Å². The van der Waals surface area contributed by atoms with Crippen molar-refractivity contribution in [3.8, 4) is 5.75 Å². The Morgan fingerprint density at radius 1 is 0.812 bits per heavy atom. The van der Waals surface area contributed by atoms with Crippen LogP contribution in [0.5, 0.6) is 5.75 Å². The van der Waals surface area contributed by atoms with Gasteiger partial charge in [-0.2, -0.15) is 10.2 Å². The normalized spacial score (nSPS) is 12.3. The molecule has 0 spiro atoms. The Morgan fingerprint density at radius 2 is 1.42 bits per heavy atom. The fourth-order valence-corrected chi connectivity index (χ4v) is 4.89. The van der Waals surface area contributed by atoms with Gasteiger partial charge >= 0.3 is 5.97 Å². The van der Waals surface area contributed by atoms with Gasteiger partial charge in [-0.3, -0.25) is 14.4 Å². The summed E-state index contributed by atoms with van der Waals surface area (Å²) in [5.41, 5.74) is 1.54. The Balaban J connectivity index is 1.85. The summed E-state index contributed by atoms with van der Waals surface area (Å²) in [5.74, 6) is -1.22. The minimum Gasteiger partial charge on any atom is -0.491 e. The predicted molar refractivity (Wildman–Crippen MR) is 182 cm³/mol. The molecule has 0 aliphatic carbocycles. The van der Waals surface area contributed by atoms with Gasteiger partial charge in [-0.25, -0.2) is 4.79 Å². The molecule has 2 rings (SSSR count). The van der Waals surface area contributed by atoms with Crippen LogP contribution in [0.4, 0.5) is 11.4 Å². The standard InChI is InChI=1S/C35H51N5O8/c1-7-40(8-2)33(43)26(3)25-28(34(44)39(5)19-21-41)11-18-32(42)38(4)20-22-48-35(45)27-9-12-29(13-10-27)36-37-30-14-16-31(17-15-30)47-24-23-46-6/h9-10,12-17,26,28,41H,7-8,11,18-25H2,1-6H3. The molecule has 2 aromatic rings. The molecule has 0 radical (unpaired) electrons. The van der Waals surface area contributed by atoms with Crippen LogP contribution in [0.15, 0.2) is 58.8 Å². The number of carbonyl (C=O) groups excluding carboxylic acids is 4. The molecule has 0 saturated carbocycles. The molecule has 2 aromatic carbocycles. The maximum Gasteiger partial charge on any atom is 0.338 e. The van der Waals surface area contributed by atoms with E-state index in [0.717, 1.165) is 0 Å². The number of aliphatic hydroxyl groups excluding tert-OH is 1. The molecule has 2 atom stereocenters. The molecule has 3 amide bonds. The van der Waals surface area contributed by atoms with Crippen LogP contribution in [0.3, 0.4) is 0 Å². The number of nitrogens with zero attached hydrogens (tertiary/aromatic N) is 5. The fraction of sp³-hybridized carbons (Fsp3) is 0.543. The molecule has 1 N–H and O–H groups in total. The Labute approximate surface area is 283 Å². The molecule has 0 aromatic heterocycles. The van der Waals surface area contributed by atoms with Crippen molar-refractivity contribution in [1.29, 1.82) is 0 Å². The Kier molecular flexibility index (Phi) is 17.8. The van der Waals surface area contributed by atoms with Crippen LogP contribution >= 0.6 is 0 Å². The lowest BCUT2D eigenvalue weighted by atomic mass is 9.89. The minimum atomic E-state index is -0.555. The molecular weight excluding hydrogens is 618 g/mol. The quantitative estimate of drug-likeness (QED) is 0.116. The third-order valence-corrected chi connectivity index (χ3v) is 7.86. The van der Waals surface area contributed by atoms with E-state index in [1.165, 1.54) is 9.80 Å². The van der Waals surface area contributed by atoms with Crippen molar-refractivity contribution in [2.75, 3.05) is 73.8 Å². The second-order valence-corrected chi connectivity index (χ2v) is 11.4. The zero-order valence-corrected chi connectivity index (χ0v) is 29.1. The van der Waals surface area contributed by atoms with Crippen molar-refractivity contribution in [2.24, 2.45) is 22.1 Å². The third-order valence-electron chi connectivity index (χ3n) is 7.86. The highest BCUT2D eigenvalue weighted by Gasteiger charge is 2.29. The third kappa shape index (κ3) is 13.4. The van der Waals surface area contributed by atoms with Crippen LogP contribution < -0.4 is 4.74 Å². The van der Waals surface area contributed by atoms with Crippen LogP contribution in [-0.4, -0.2) is 117 Å². The van der Waals surface area contributed by atoms with E-state index in [2.05, 4.69) is 10.2 Å². The summed E-state index contributed by atoms with van der Waals surface area (Å²) in [7, 11) is 4.82. The second-order valence-electron chi connectivity index (χ2n) is 11.4. The second kappa shape index (κ2) is 21.5. The van der Waals surface area contributed by atoms with Crippen molar-refractivity contribution >= 4 is 35.1 Å². The molecule has 48 heavy (non-hydrogen) atoms. The predicted octanol–water partition coefficient (Wildman–Crippen LogP) is 4.48. The van der Waals surface area contributed by atoms with E-state index in [4.69, 9.17) is 14.2 Å². The highest BCUT2D eigenvalue weighted by molar-refractivity contribution is 5.89.